The SMILES string of the molecule is CP(C)(Br)(Br)Br. The molecule has 0 nitrogen and oxygen atoms in total. The summed E-state index contributed by atoms with van der Waals surface area (Å²) in [7, 11) is 0. The zero-order valence-electron chi connectivity index (χ0n) is 3.58. The molecule has 0 bridgehead atoms. The fourth-order valence-electron chi connectivity index (χ4n) is 0. The quantitative estimate of drug-likeness (QED) is 0.598. The molecule has 0 fully saturated rings. The van der Waals surface area contributed by atoms with Crippen molar-refractivity contribution in [1.82, 2.24) is 0 Å². The van der Waals surface area contributed by atoms with Crippen LogP contribution in [0.3, 0.4) is 0 Å². The third-order valence-corrected chi connectivity index (χ3v) is 0. The van der Waals surface area contributed by atoms with Crippen LogP contribution in [0, 0.1) is 0 Å². The van der Waals surface area contributed by atoms with E-state index in [2.05, 4.69) is 59.8 Å². The summed E-state index contributed by atoms with van der Waals surface area (Å²) >= 11 is 10.3. The second-order valence-corrected chi connectivity index (χ2v) is 32.7. The van der Waals surface area contributed by atoms with Gasteiger partial charge in [-0.3, -0.25) is 0 Å². The van der Waals surface area contributed by atoms with Crippen LogP contribution in [0.1, 0.15) is 0 Å². The van der Waals surface area contributed by atoms with Crippen LogP contribution in [0.2, 0.25) is 0 Å². The predicted octanol–water partition coefficient (Wildman–Crippen LogP) is 3.73. The Morgan fingerprint density at radius 2 is 1.00 bits per heavy atom. The minimum absolute atomic E-state index is 1.61. The van der Waals surface area contributed by atoms with Crippen molar-refractivity contribution in [1.29, 1.82) is 0 Å². The number of hydrogen-bond acceptors (Lipinski definition) is 0. The normalized spacial score (nSPS) is 19.2. The Hall–Kier alpha value is 1.87. The maximum atomic E-state index is 3.44. The Balaban J connectivity index is 3.73. The summed E-state index contributed by atoms with van der Waals surface area (Å²) in [5, 5.41) is 0. The Kier molecular flexibility index (Phi) is 2.20. The number of hydrogen-bond donors (Lipinski definition) is 0. The molecule has 0 unspecified atom stereocenters. The summed E-state index contributed by atoms with van der Waals surface area (Å²) in [6, 6.07) is 0. The molecule has 0 saturated carbocycles. The molecular formula is C2H6Br3P. The van der Waals surface area contributed by atoms with E-state index < -0.39 is 2.71 Å². The van der Waals surface area contributed by atoms with Gasteiger partial charge in [-0.15, -0.1) is 0 Å². The van der Waals surface area contributed by atoms with E-state index in [1.807, 2.05) is 0 Å². The Morgan fingerprint density at radius 3 is 1.00 bits per heavy atom. The Morgan fingerprint density at radius 1 is 1.00 bits per heavy atom. The monoisotopic (exact) mass is 298 g/mol. The summed E-state index contributed by atoms with van der Waals surface area (Å²) in [5.41, 5.74) is 0. The first-order valence-electron chi connectivity index (χ1n) is 1.40. The van der Waals surface area contributed by atoms with Crippen LogP contribution in [-0.2, 0) is 0 Å². The average molecular weight is 301 g/mol. The molecule has 0 radical (unpaired) electrons. The van der Waals surface area contributed by atoms with Gasteiger partial charge < -0.3 is 0 Å². The van der Waals surface area contributed by atoms with Crippen molar-refractivity contribution in [3.63, 3.8) is 0 Å². The van der Waals surface area contributed by atoms with Crippen LogP contribution >= 0.6 is 49.2 Å². The number of halogens is 3. The molecule has 0 aromatic carbocycles. The molecule has 0 spiro atoms. The van der Waals surface area contributed by atoms with Crippen molar-refractivity contribution in [2.75, 3.05) is 13.3 Å². The predicted molar refractivity (Wildman–Crippen MR) is 45.5 cm³/mol. The van der Waals surface area contributed by atoms with E-state index >= 15 is 0 Å². The Bertz CT molecular complexity index is 42.0. The van der Waals surface area contributed by atoms with Crippen LogP contribution in [-0.4, -0.2) is 13.3 Å². The molecule has 0 aromatic rings. The Labute approximate surface area is 62.2 Å². The molecule has 0 aliphatic carbocycles. The van der Waals surface area contributed by atoms with Gasteiger partial charge in [-0.1, -0.05) is 0 Å². The molecule has 0 atom stereocenters. The molecule has 0 saturated heterocycles. The summed E-state index contributed by atoms with van der Waals surface area (Å²) in [5.74, 6) is 0. The molecule has 0 aromatic heterocycles. The van der Waals surface area contributed by atoms with Gasteiger partial charge in [0.2, 0.25) is 0 Å². The molecule has 0 amide bonds. The molecule has 0 aliphatic heterocycles. The van der Waals surface area contributed by atoms with E-state index in [4.69, 9.17) is 0 Å². The van der Waals surface area contributed by atoms with Crippen molar-refractivity contribution in [2.45, 2.75) is 0 Å². The van der Waals surface area contributed by atoms with Gasteiger partial charge in [-0.2, -0.15) is 0 Å². The second kappa shape index (κ2) is 1.68. The van der Waals surface area contributed by atoms with Crippen LogP contribution in [0.4, 0.5) is 0 Å². The van der Waals surface area contributed by atoms with E-state index in [1.165, 1.54) is 0 Å². The van der Waals surface area contributed by atoms with Gasteiger partial charge in [0.25, 0.3) is 0 Å². The van der Waals surface area contributed by atoms with E-state index in [-0.39, 0.29) is 0 Å². The summed E-state index contributed by atoms with van der Waals surface area (Å²) in [6.07, 6.45) is 0. The van der Waals surface area contributed by atoms with E-state index in [0.29, 0.717) is 0 Å². The summed E-state index contributed by atoms with van der Waals surface area (Å²) < 4.78 is -1.61. The summed E-state index contributed by atoms with van der Waals surface area (Å²) in [6.45, 7) is 4.18. The molecule has 4 heteroatoms. The first-order valence-corrected chi connectivity index (χ1v) is 10.6. The molecule has 0 heterocycles. The molecular weight excluding hydrogens is 295 g/mol. The van der Waals surface area contributed by atoms with Gasteiger partial charge >= 0.3 is 62.5 Å². The summed E-state index contributed by atoms with van der Waals surface area (Å²) in [4.78, 5) is 0. The third kappa shape index (κ3) is 39.8. The van der Waals surface area contributed by atoms with E-state index in [1.54, 1.807) is 0 Å². The topological polar surface area (TPSA) is 0 Å². The van der Waals surface area contributed by atoms with Crippen molar-refractivity contribution in [3.05, 3.63) is 0 Å². The third-order valence-electron chi connectivity index (χ3n) is 0. The van der Waals surface area contributed by atoms with Crippen LogP contribution in [0.15, 0.2) is 0 Å². The van der Waals surface area contributed by atoms with Crippen LogP contribution in [0.25, 0.3) is 0 Å². The van der Waals surface area contributed by atoms with E-state index in [9.17, 15) is 0 Å². The van der Waals surface area contributed by atoms with Gasteiger partial charge in [0, 0.05) is 0 Å². The van der Waals surface area contributed by atoms with Crippen molar-refractivity contribution < 1.29 is 0 Å². The molecule has 0 aliphatic rings. The van der Waals surface area contributed by atoms with E-state index in [0.717, 1.165) is 0 Å². The van der Waals surface area contributed by atoms with Crippen molar-refractivity contribution in [2.24, 2.45) is 0 Å². The fraction of sp³-hybridized carbons (Fsp3) is 1.00. The zero-order chi connectivity index (χ0) is 5.45. The van der Waals surface area contributed by atoms with Gasteiger partial charge in [-0.05, 0) is 0 Å². The molecule has 6 heavy (non-hydrogen) atoms. The van der Waals surface area contributed by atoms with Crippen LogP contribution in [0.5, 0.6) is 0 Å². The maximum absolute atomic E-state index is 3.44. The number of rotatable bonds is 0. The average Bonchev–Trinajstić information content (AvgIpc) is 0.650. The van der Waals surface area contributed by atoms with Crippen molar-refractivity contribution >= 4 is 49.2 Å². The first-order chi connectivity index (χ1) is 2.24. The molecule has 0 rings (SSSR count). The first kappa shape index (κ1) is 7.87. The minimum atomic E-state index is -1.61. The van der Waals surface area contributed by atoms with Gasteiger partial charge in [0.1, 0.15) is 0 Å². The molecule has 40 valence electrons. The fourth-order valence-corrected chi connectivity index (χ4v) is 0. The van der Waals surface area contributed by atoms with Gasteiger partial charge in [0.15, 0.2) is 0 Å². The van der Waals surface area contributed by atoms with Gasteiger partial charge in [0.05, 0.1) is 0 Å². The second-order valence-electron chi connectivity index (χ2n) is 1.65. The van der Waals surface area contributed by atoms with Crippen LogP contribution < -0.4 is 0 Å². The molecule has 0 N–H and O–H groups in total. The van der Waals surface area contributed by atoms with Crippen molar-refractivity contribution in [3.8, 4) is 0 Å². The van der Waals surface area contributed by atoms with Gasteiger partial charge in [-0.25, -0.2) is 0 Å². The standard InChI is InChI=1S/C2H6Br3P/c1-6(2,3,4)5/h1-2H3. The zero-order valence-corrected chi connectivity index (χ0v) is 9.23.